The first-order chi connectivity index (χ1) is 26.4. The smallest absolute Gasteiger partial charge is 0.348 e. The number of esters is 2. The van der Waals surface area contributed by atoms with Crippen LogP contribution in [-0.2, 0) is 9.47 Å². The highest BCUT2D eigenvalue weighted by Crippen LogP contribution is 2.53. The lowest BCUT2D eigenvalue weighted by atomic mass is 10.0. The van der Waals surface area contributed by atoms with Crippen LogP contribution in [0.3, 0.4) is 0 Å². The molecule has 0 aliphatic heterocycles. The normalized spacial score (nSPS) is 11.6. The molecule has 0 saturated carbocycles. The van der Waals surface area contributed by atoms with E-state index >= 15 is 0 Å². The third-order valence-corrected chi connectivity index (χ3v) is 15.4. The predicted molar refractivity (Wildman–Crippen MR) is 243 cm³/mol. The number of unbranched alkanes of at least 4 members (excludes halogenated alkanes) is 18. The van der Waals surface area contributed by atoms with E-state index in [9.17, 15) is 9.59 Å². The minimum atomic E-state index is -0.240. The van der Waals surface area contributed by atoms with Crippen molar-refractivity contribution in [3.05, 3.63) is 53.7 Å². The molecule has 4 heterocycles. The van der Waals surface area contributed by atoms with E-state index in [-0.39, 0.29) is 11.9 Å². The second-order valence-corrected chi connectivity index (χ2v) is 21.3. The highest BCUT2D eigenvalue weighted by molar-refractivity contribution is 9.11. The first-order valence-corrected chi connectivity index (χ1v) is 25.1. The van der Waals surface area contributed by atoms with E-state index in [1.807, 2.05) is 12.1 Å². The third kappa shape index (κ3) is 12.7. The molecule has 5 rings (SSSR count). The summed E-state index contributed by atoms with van der Waals surface area (Å²) in [4.78, 5) is 29.5. The minimum absolute atomic E-state index is 0.240. The summed E-state index contributed by atoms with van der Waals surface area (Å²) in [6, 6.07) is 12.3. The van der Waals surface area contributed by atoms with Crippen molar-refractivity contribution >= 4 is 109 Å². The molecule has 0 fully saturated rings. The lowest BCUT2D eigenvalue weighted by Crippen LogP contribution is -2.04. The number of rotatable bonds is 26. The van der Waals surface area contributed by atoms with E-state index < -0.39 is 0 Å². The Hall–Kier alpha value is -1.56. The van der Waals surface area contributed by atoms with E-state index in [4.69, 9.17) is 9.47 Å². The van der Waals surface area contributed by atoms with Crippen LogP contribution >= 0.6 is 77.2 Å². The molecule has 0 atom stereocenters. The second-order valence-electron chi connectivity index (χ2n) is 14.3. The van der Waals surface area contributed by atoms with Crippen molar-refractivity contribution in [2.75, 3.05) is 13.2 Å². The van der Waals surface area contributed by atoms with Gasteiger partial charge in [-0.15, -0.1) is 45.3 Å². The number of hydrogen-bond donors (Lipinski definition) is 0. The van der Waals surface area contributed by atoms with Crippen LogP contribution in [0.2, 0.25) is 0 Å². The molecule has 0 amide bonds. The summed E-state index contributed by atoms with van der Waals surface area (Å²) in [5.74, 6) is -0.479. The molecule has 0 aliphatic rings. The average Bonchev–Trinajstić information content (AvgIpc) is 3.98. The average molecular weight is 937 g/mol. The Labute approximate surface area is 355 Å². The Morgan fingerprint density at radius 1 is 0.481 bits per heavy atom. The third-order valence-electron chi connectivity index (χ3n) is 9.97. The molecule has 10 heteroatoms. The van der Waals surface area contributed by atoms with Crippen LogP contribution in [0.4, 0.5) is 0 Å². The first kappa shape index (κ1) is 43.6. The molecule has 4 nitrogen and oxygen atoms in total. The molecule has 294 valence electrons. The fourth-order valence-corrected chi connectivity index (χ4v) is 12.4. The molecule has 0 N–H and O–H groups in total. The molecule has 0 saturated heterocycles. The number of halogens is 2. The summed E-state index contributed by atoms with van der Waals surface area (Å²) in [7, 11) is 0. The van der Waals surface area contributed by atoms with Crippen LogP contribution in [0.15, 0.2) is 44.0 Å². The summed E-state index contributed by atoms with van der Waals surface area (Å²) in [5.41, 5.74) is 2.26. The van der Waals surface area contributed by atoms with E-state index in [0.717, 1.165) is 74.3 Å². The van der Waals surface area contributed by atoms with Gasteiger partial charge in [0.05, 0.1) is 20.8 Å². The Morgan fingerprint density at radius 2 is 0.815 bits per heavy atom. The quantitative estimate of drug-likeness (QED) is 0.0409. The molecule has 0 spiro atoms. The zero-order valence-electron chi connectivity index (χ0n) is 32.0. The van der Waals surface area contributed by atoms with Crippen molar-refractivity contribution in [2.45, 2.75) is 142 Å². The van der Waals surface area contributed by atoms with E-state index in [1.165, 1.54) is 125 Å². The number of thiophene rings is 4. The number of ether oxygens (including phenoxy) is 2. The fourth-order valence-electron chi connectivity index (χ4n) is 7.01. The maximum Gasteiger partial charge on any atom is 0.348 e. The Morgan fingerprint density at radius 3 is 1.17 bits per heavy atom. The van der Waals surface area contributed by atoms with Crippen LogP contribution in [0.25, 0.3) is 41.1 Å². The van der Waals surface area contributed by atoms with Crippen molar-refractivity contribution in [3.8, 4) is 20.9 Å². The Kier molecular flexibility index (Phi) is 19.1. The zero-order chi connectivity index (χ0) is 38.1. The Bertz CT molecular complexity index is 1710. The molecule has 1 aromatic carbocycles. The summed E-state index contributed by atoms with van der Waals surface area (Å²) in [6.45, 7) is 5.46. The van der Waals surface area contributed by atoms with Crippen LogP contribution in [0, 0.1) is 0 Å². The molecular formula is C44H56Br2O4S4. The number of benzene rings is 1. The van der Waals surface area contributed by atoms with Gasteiger partial charge in [-0.05, 0) is 81.1 Å². The van der Waals surface area contributed by atoms with Crippen molar-refractivity contribution in [2.24, 2.45) is 0 Å². The van der Waals surface area contributed by atoms with Crippen LogP contribution in [0.5, 0.6) is 0 Å². The van der Waals surface area contributed by atoms with Gasteiger partial charge in [0.2, 0.25) is 0 Å². The van der Waals surface area contributed by atoms with Gasteiger partial charge >= 0.3 is 11.9 Å². The molecule has 5 aromatic rings. The zero-order valence-corrected chi connectivity index (χ0v) is 38.5. The van der Waals surface area contributed by atoms with Gasteiger partial charge in [0, 0.05) is 41.1 Å². The van der Waals surface area contributed by atoms with Gasteiger partial charge in [-0.1, -0.05) is 129 Å². The monoisotopic (exact) mass is 934 g/mol. The Balaban J connectivity index is 1.19. The second kappa shape index (κ2) is 23.6. The van der Waals surface area contributed by atoms with Crippen molar-refractivity contribution in [3.63, 3.8) is 0 Å². The SMILES string of the molecule is CCCCCCCCCCCCOC(=O)c1ccc(-c2c3cc(Br)sc3c(-c3ccc(C(=O)OCCCCCCCCCCCC)s3)c3cc(Br)sc23)s1. The first-order valence-electron chi connectivity index (χ1n) is 20.3. The van der Waals surface area contributed by atoms with Crippen LogP contribution in [0.1, 0.15) is 162 Å². The van der Waals surface area contributed by atoms with Crippen molar-refractivity contribution in [1.29, 1.82) is 0 Å². The van der Waals surface area contributed by atoms with Gasteiger partial charge in [-0.3, -0.25) is 0 Å². The number of fused-ring (bicyclic) bond motifs is 2. The molecule has 54 heavy (non-hydrogen) atoms. The molecule has 0 unspecified atom stereocenters. The summed E-state index contributed by atoms with van der Waals surface area (Å²) >= 11 is 14.0. The van der Waals surface area contributed by atoms with Gasteiger partial charge in [-0.25, -0.2) is 9.59 Å². The molecule has 4 aromatic heterocycles. The molecule has 0 aliphatic carbocycles. The maximum atomic E-state index is 13.1. The lowest BCUT2D eigenvalue weighted by molar-refractivity contribution is 0.0494. The highest BCUT2D eigenvalue weighted by atomic mass is 79.9. The molecular weight excluding hydrogens is 881 g/mol. The number of carbonyl (C=O) groups excluding carboxylic acids is 2. The lowest BCUT2D eigenvalue weighted by Gasteiger charge is -2.09. The summed E-state index contributed by atoms with van der Waals surface area (Å²) in [5, 5.41) is 2.27. The summed E-state index contributed by atoms with van der Waals surface area (Å²) < 4.78 is 15.8. The van der Waals surface area contributed by atoms with Crippen LogP contribution < -0.4 is 0 Å². The maximum absolute atomic E-state index is 13.1. The molecule has 0 bridgehead atoms. The van der Waals surface area contributed by atoms with Gasteiger partial charge in [-0.2, -0.15) is 0 Å². The number of carbonyl (C=O) groups is 2. The topological polar surface area (TPSA) is 52.6 Å². The minimum Gasteiger partial charge on any atom is -0.462 e. The molecule has 0 radical (unpaired) electrons. The van der Waals surface area contributed by atoms with Gasteiger partial charge in [0.25, 0.3) is 0 Å². The fraction of sp³-hybridized carbons (Fsp3) is 0.545. The van der Waals surface area contributed by atoms with Crippen LogP contribution in [-0.4, -0.2) is 25.2 Å². The standard InChI is InChI=1S/C44H56Br2O4S4/c1-3-5-7-9-11-13-15-17-19-21-27-49-43(47)35-25-23-33(51-35)39-31-29-37(45)54-42(31)40(32-30-38(46)53-41(32)39)34-24-26-36(52-34)44(48)50-28-22-20-18-16-14-12-10-8-6-4-2/h23-26,29-30H,3-22,27-28H2,1-2H3. The summed E-state index contributed by atoms with van der Waals surface area (Å²) in [6.07, 6.45) is 25.0. The largest absolute Gasteiger partial charge is 0.462 e. The van der Waals surface area contributed by atoms with E-state index in [2.05, 4.69) is 70.0 Å². The van der Waals surface area contributed by atoms with Gasteiger partial charge in [0.1, 0.15) is 9.75 Å². The van der Waals surface area contributed by atoms with Gasteiger partial charge in [0.15, 0.2) is 0 Å². The van der Waals surface area contributed by atoms with Crippen molar-refractivity contribution in [1.82, 2.24) is 0 Å². The predicted octanol–water partition coefficient (Wildman–Crippen LogP) is 17.3. The number of hydrogen-bond acceptors (Lipinski definition) is 8. The van der Waals surface area contributed by atoms with E-state index in [0.29, 0.717) is 23.0 Å². The highest BCUT2D eigenvalue weighted by Gasteiger charge is 2.24. The van der Waals surface area contributed by atoms with Gasteiger partial charge < -0.3 is 9.47 Å². The van der Waals surface area contributed by atoms with Crippen molar-refractivity contribution < 1.29 is 19.1 Å². The van der Waals surface area contributed by atoms with E-state index in [1.54, 1.807) is 22.7 Å².